The maximum atomic E-state index is 11.5. The van der Waals surface area contributed by atoms with E-state index in [1.807, 2.05) is 0 Å². The van der Waals surface area contributed by atoms with Gasteiger partial charge in [-0.25, -0.2) is 0 Å². The number of ether oxygens (including phenoxy) is 1. The smallest absolute Gasteiger partial charge is 0.302 e. The van der Waals surface area contributed by atoms with Crippen LogP contribution in [0.4, 0.5) is 0 Å². The second-order valence-corrected chi connectivity index (χ2v) is 12.8. The Morgan fingerprint density at radius 1 is 0.968 bits per heavy atom. The van der Waals surface area contributed by atoms with Crippen molar-refractivity contribution in [2.24, 2.45) is 46.3 Å². The van der Waals surface area contributed by atoms with Gasteiger partial charge in [0.15, 0.2) is 0 Å². The van der Waals surface area contributed by atoms with Crippen LogP contribution in [0.15, 0.2) is 0 Å². The Hall–Kier alpha value is -0.570. The minimum atomic E-state index is -0.0937. The summed E-state index contributed by atoms with van der Waals surface area (Å²) in [6.07, 6.45) is 13.4. The number of fused-ring (bicyclic) bond motifs is 5. The highest BCUT2D eigenvalue weighted by atomic mass is 16.5. The van der Waals surface area contributed by atoms with E-state index in [9.17, 15) is 4.79 Å². The lowest BCUT2D eigenvalue weighted by molar-refractivity contribution is -0.160. The molecule has 0 bridgehead atoms. The lowest BCUT2D eigenvalue weighted by Crippen LogP contribution is -2.55. The first kappa shape index (κ1) is 23.6. The summed E-state index contributed by atoms with van der Waals surface area (Å²) in [5.74, 6) is 5.04. The fraction of sp³-hybridized carbons (Fsp3) is 0.964. The highest BCUT2D eigenvalue weighted by molar-refractivity contribution is 5.66. The predicted molar refractivity (Wildman–Crippen MR) is 128 cm³/mol. The second-order valence-electron chi connectivity index (χ2n) is 12.8. The van der Waals surface area contributed by atoms with Crippen LogP contribution in [0.1, 0.15) is 106 Å². The molecule has 31 heavy (non-hydrogen) atoms. The van der Waals surface area contributed by atoms with Crippen LogP contribution in [0.3, 0.4) is 0 Å². The zero-order valence-corrected chi connectivity index (χ0v) is 21.2. The Balaban J connectivity index is 1.43. The third-order valence-electron chi connectivity index (χ3n) is 10.8. The van der Waals surface area contributed by atoms with Crippen molar-refractivity contribution in [3.05, 3.63) is 0 Å². The minimum Gasteiger partial charge on any atom is -0.463 e. The van der Waals surface area contributed by atoms with Crippen molar-refractivity contribution < 1.29 is 9.53 Å². The van der Waals surface area contributed by atoms with E-state index >= 15 is 0 Å². The molecule has 3 heteroatoms. The molecule has 0 aliphatic heterocycles. The molecule has 4 rings (SSSR count). The topological polar surface area (TPSA) is 38.3 Å². The Morgan fingerprint density at radius 3 is 2.39 bits per heavy atom. The molecule has 3 nitrogen and oxygen atoms in total. The molecule has 178 valence electrons. The molecule has 4 aliphatic carbocycles. The predicted octanol–water partition coefficient (Wildman–Crippen LogP) is 6.60. The zero-order valence-electron chi connectivity index (χ0n) is 21.2. The molecule has 0 aromatic rings. The molecule has 0 heterocycles. The zero-order chi connectivity index (χ0) is 22.4. The molecule has 0 radical (unpaired) electrons. The van der Waals surface area contributed by atoms with Crippen LogP contribution in [0.5, 0.6) is 0 Å². The molecule has 4 aliphatic rings. The number of carbonyl (C=O) groups excluding carboxylic acids is 1. The third kappa shape index (κ3) is 4.34. The van der Waals surface area contributed by atoms with Crippen molar-refractivity contribution >= 4 is 5.97 Å². The maximum absolute atomic E-state index is 11.5. The van der Waals surface area contributed by atoms with Crippen molar-refractivity contribution in [1.82, 2.24) is 5.32 Å². The van der Waals surface area contributed by atoms with Crippen LogP contribution in [0, 0.1) is 46.3 Å². The molecule has 4 saturated carbocycles. The Kier molecular flexibility index (Phi) is 6.84. The Labute approximate surface area is 191 Å². The first-order valence-electron chi connectivity index (χ1n) is 13.6. The summed E-state index contributed by atoms with van der Waals surface area (Å²) in [7, 11) is 0. The van der Waals surface area contributed by atoms with Gasteiger partial charge < -0.3 is 10.1 Å². The summed E-state index contributed by atoms with van der Waals surface area (Å²) < 4.78 is 5.65. The van der Waals surface area contributed by atoms with Crippen molar-refractivity contribution in [3.8, 4) is 0 Å². The van der Waals surface area contributed by atoms with Gasteiger partial charge in [0.2, 0.25) is 0 Å². The van der Waals surface area contributed by atoms with Gasteiger partial charge in [-0.05, 0) is 124 Å². The number of carbonyl (C=O) groups is 1. The monoisotopic (exact) mass is 431 g/mol. The van der Waals surface area contributed by atoms with Crippen molar-refractivity contribution in [3.63, 3.8) is 0 Å². The van der Waals surface area contributed by atoms with Crippen LogP contribution in [-0.4, -0.2) is 24.7 Å². The lowest BCUT2D eigenvalue weighted by Gasteiger charge is -2.61. The van der Waals surface area contributed by atoms with Crippen LogP contribution in [0.25, 0.3) is 0 Å². The van der Waals surface area contributed by atoms with E-state index in [1.165, 1.54) is 57.9 Å². The van der Waals surface area contributed by atoms with Gasteiger partial charge in [-0.15, -0.1) is 0 Å². The summed E-state index contributed by atoms with van der Waals surface area (Å²) in [6.45, 7) is 15.2. The summed E-state index contributed by atoms with van der Waals surface area (Å²) in [5, 5.41) is 3.92. The third-order valence-corrected chi connectivity index (χ3v) is 10.8. The quantitative estimate of drug-likeness (QED) is 0.481. The van der Waals surface area contributed by atoms with Crippen LogP contribution < -0.4 is 5.32 Å². The summed E-state index contributed by atoms with van der Waals surface area (Å²) >= 11 is 0. The average molecular weight is 432 g/mol. The number of hydrogen-bond acceptors (Lipinski definition) is 3. The molecule has 0 aromatic heterocycles. The molecule has 0 aromatic carbocycles. The molecule has 9 atom stereocenters. The van der Waals surface area contributed by atoms with E-state index in [0.29, 0.717) is 16.9 Å². The Morgan fingerprint density at radius 2 is 1.68 bits per heavy atom. The van der Waals surface area contributed by atoms with E-state index in [4.69, 9.17) is 4.74 Å². The minimum absolute atomic E-state index is 0.0937. The van der Waals surface area contributed by atoms with Crippen LogP contribution in [-0.2, 0) is 9.53 Å². The van der Waals surface area contributed by atoms with Crippen LogP contribution in [0.2, 0.25) is 0 Å². The molecule has 0 spiro atoms. The van der Waals surface area contributed by atoms with E-state index < -0.39 is 0 Å². The SMILES string of the molecule is CC(=O)O[C@H]1CC[C@@]2(C)[C@@H](CC[C@@H]3[C@@H]2CC[C@]2(C)[C@@H](C(C)NCCC(C)C)CC[C@@H]32)C1. The molecule has 0 saturated heterocycles. The fourth-order valence-electron chi connectivity index (χ4n) is 9.16. The number of hydrogen-bond donors (Lipinski definition) is 1. The molecular weight excluding hydrogens is 382 g/mol. The first-order chi connectivity index (χ1) is 14.6. The van der Waals surface area contributed by atoms with Crippen molar-refractivity contribution in [2.45, 2.75) is 118 Å². The van der Waals surface area contributed by atoms with Gasteiger partial charge >= 0.3 is 5.97 Å². The van der Waals surface area contributed by atoms with Gasteiger partial charge in [0, 0.05) is 13.0 Å². The van der Waals surface area contributed by atoms with E-state index in [-0.39, 0.29) is 12.1 Å². The van der Waals surface area contributed by atoms with Gasteiger partial charge in [0.25, 0.3) is 0 Å². The van der Waals surface area contributed by atoms with Gasteiger partial charge in [-0.3, -0.25) is 4.79 Å². The first-order valence-corrected chi connectivity index (χ1v) is 13.6. The molecule has 1 unspecified atom stereocenters. The van der Waals surface area contributed by atoms with E-state index in [1.54, 1.807) is 6.92 Å². The summed E-state index contributed by atoms with van der Waals surface area (Å²) in [5.41, 5.74) is 1.00. The fourth-order valence-corrected chi connectivity index (χ4v) is 9.16. The summed E-state index contributed by atoms with van der Waals surface area (Å²) in [6, 6.07) is 0.649. The lowest BCUT2D eigenvalue weighted by atomic mass is 9.44. The van der Waals surface area contributed by atoms with Crippen molar-refractivity contribution in [2.75, 3.05) is 6.54 Å². The molecular formula is C28H49NO2. The molecule has 4 fully saturated rings. The number of nitrogens with one attached hydrogen (secondary N) is 1. The summed E-state index contributed by atoms with van der Waals surface area (Å²) in [4.78, 5) is 11.5. The number of rotatable bonds is 6. The second kappa shape index (κ2) is 8.99. The van der Waals surface area contributed by atoms with Crippen molar-refractivity contribution in [1.29, 1.82) is 0 Å². The maximum Gasteiger partial charge on any atom is 0.302 e. The van der Waals surface area contributed by atoms with Gasteiger partial charge in [-0.1, -0.05) is 27.7 Å². The highest BCUT2D eigenvalue weighted by Crippen LogP contribution is 2.67. The van der Waals surface area contributed by atoms with Gasteiger partial charge in [0.1, 0.15) is 6.10 Å². The van der Waals surface area contributed by atoms with E-state index in [2.05, 4.69) is 39.9 Å². The standard InChI is InChI=1S/C28H49NO2/c1-18(2)13-16-29-19(3)24-9-10-25-23-8-7-21-17-22(31-20(4)30)11-14-27(21,5)26(23)12-15-28(24,25)6/h18-19,21-26,29H,7-17H2,1-6H3/t19?,21-,22-,23-,24+,25-,26-,27-,28+/m0/s1. The largest absolute Gasteiger partial charge is 0.463 e. The normalized spacial score (nSPS) is 45.5. The highest BCUT2D eigenvalue weighted by Gasteiger charge is 2.60. The number of esters is 1. The molecule has 0 amide bonds. The van der Waals surface area contributed by atoms with E-state index in [0.717, 1.165) is 48.3 Å². The average Bonchev–Trinajstić information content (AvgIpc) is 3.05. The van der Waals surface area contributed by atoms with Gasteiger partial charge in [-0.2, -0.15) is 0 Å². The Bertz CT molecular complexity index is 647. The molecule has 1 N–H and O–H groups in total. The van der Waals surface area contributed by atoms with Crippen LogP contribution >= 0.6 is 0 Å². The van der Waals surface area contributed by atoms with Gasteiger partial charge in [0.05, 0.1) is 0 Å².